The number of nitrogens with one attached hydrogen (secondary N) is 3. The first-order valence-corrected chi connectivity index (χ1v) is 16.3. The largest absolute Gasteiger partial charge is 0.478 e. The van der Waals surface area contributed by atoms with E-state index in [1.165, 1.54) is 18.2 Å². The van der Waals surface area contributed by atoms with Crippen LogP contribution in [0.1, 0.15) is 61.5 Å². The van der Waals surface area contributed by atoms with Gasteiger partial charge in [-0.15, -0.1) is 0 Å². The van der Waals surface area contributed by atoms with E-state index < -0.39 is 16.0 Å². The Balaban J connectivity index is 1.41. The Hall–Kier alpha value is -4.23. The number of aromatic nitrogens is 2. The van der Waals surface area contributed by atoms with Gasteiger partial charge in [-0.2, -0.15) is 4.98 Å². The maximum absolute atomic E-state index is 13.3. The number of aromatic carboxylic acids is 1. The molecule has 1 spiro atoms. The minimum atomic E-state index is -4.23. The molecule has 2 fully saturated rings. The molecule has 1 aliphatic heterocycles. The Kier molecular flexibility index (Phi) is 8.78. The van der Waals surface area contributed by atoms with E-state index in [9.17, 15) is 23.1 Å². The highest BCUT2D eigenvalue weighted by molar-refractivity contribution is 7.92. The number of rotatable bonds is 11. The van der Waals surface area contributed by atoms with Crippen LogP contribution >= 0.6 is 0 Å². The second kappa shape index (κ2) is 12.3. The molecule has 240 valence electrons. The van der Waals surface area contributed by atoms with E-state index in [0.29, 0.717) is 12.3 Å². The molecule has 0 radical (unpaired) electrons. The third-order valence-electron chi connectivity index (χ3n) is 7.94. The molecule has 0 bridgehead atoms. The normalized spacial score (nSPS) is 20.2. The van der Waals surface area contributed by atoms with Crippen LogP contribution in [-0.2, 0) is 14.8 Å². The summed E-state index contributed by atoms with van der Waals surface area (Å²) in [6, 6.07) is 12.7. The van der Waals surface area contributed by atoms with E-state index in [2.05, 4.69) is 46.1 Å². The van der Waals surface area contributed by atoms with Gasteiger partial charge < -0.3 is 25.2 Å². The maximum Gasteiger partial charge on any atom is 0.407 e. The van der Waals surface area contributed by atoms with Crippen LogP contribution in [0.4, 0.5) is 10.7 Å². The van der Waals surface area contributed by atoms with Crippen LogP contribution in [0.5, 0.6) is 5.88 Å². The number of anilines is 1. The fourth-order valence-electron chi connectivity index (χ4n) is 6.00. The van der Waals surface area contributed by atoms with Crippen molar-refractivity contribution in [2.45, 2.75) is 76.4 Å². The lowest BCUT2D eigenvalue weighted by molar-refractivity contribution is 0.0696. The van der Waals surface area contributed by atoms with Crippen molar-refractivity contribution in [2.24, 2.45) is 5.41 Å². The number of carbonyl (C=O) groups excluding carboxylic acids is 1. The number of cyclic esters (lactones) is 1. The van der Waals surface area contributed by atoms with Crippen LogP contribution in [0, 0.1) is 19.3 Å². The first kappa shape index (κ1) is 32.2. The molecule has 2 aromatic carbocycles. The summed E-state index contributed by atoms with van der Waals surface area (Å²) >= 11 is 0. The average Bonchev–Trinajstić information content (AvgIpc) is 3.32. The topological polar surface area (TPSA) is 169 Å². The van der Waals surface area contributed by atoms with Gasteiger partial charge in [0.1, 0.15) is 13.2 Å². The number of amides is 1. The Bertz CT molecular complexity index is 1690. The van der Waals surface area contributed by atoms with E-state index in [-0.39, 0.29) is 58.0 Å². The van der Waals surface area contributed by atoms with E-state index in [1.54, 1.807) is 6.07 Å². The number of hydrogen-bond donors (Lipinski definition) is 4. The van der Waals surface area contributed by atoms with Crippen LogP contribution in [-0.4, -0.2) is 66.4 Å². The molecule has 3 aromatic rings. The second-order valence-electron chi connectivity index (χ2n) is 13.1. The first-order valence-electron chi connectivity index (χ1n) is 14.8. The van der Waals surface area contributed by atoms with Gasteiger partial charge in [0.15, 0.2) is 0 Å². The van der Waals surface area contributed by atoms with Crippen molar-refractivity contribution in [2.75, 3.05) is 17.9 Å². The summed E-state index contributed by atoms with van der Waals surface area (Å²) in [5.74, 6) is -1.26. The lowest BCUT2D eigenvalue weighted by atomic mass is 9.73. The van der Waals surface area contributed by atoms with Crippen molar-refractivity contribution in [3.05, 3.63) is 65.2 Å². The number of nitrogens with zero attached hydrogens (tertiary/aromatic N) is 2. The summed E-state index contributed by atoms with van der Waals surface area (Å²) in [6.45, 7) is 10.9. The van der Waals surface area contributed by atoms with Gasteiger partial charge in [0.25, 0.3) is 10.0 Å². The second-order valence-corrected chi connectivity index (χ2v) is 14.8. The van der Waals surface area contributed by atoms with E-state index in [4.69, 9.17) is 9.47 Å². The van der Waals surface area contributed by atoms with Gasteiger partial charge >= 0.3 is 12.1 Å². The highest BCUT2D eigenvalue weighted by Crippen LogP contribution is 2.37. The van der Waals surface area contributed by atoms with Gasteiger partial charge in [0.2, 0.25) is 11.8 Å². The van der Waals surface area contributed by atoms with Crippen molar-refractivity contribution in [1.29, 1.82) is 0 Å². The number of aryl methyl sites for hydroxylation is 2. The Morgan fingerprint density at radius 1 is 1.13 bits per heavy atom. The summed E-state index contributed by atoms with van der Waals surface area (Å²) in [5, 5.41) is 15.9. The lowest BCUT2D eigenvalue weighted by Crippen LogP contribution is -2.63. The number of alkyl carbamates (subject to hydrolysis) is 1. The van der Waals surface area contributed by atoms with E-state index >= 15 is 0 Å². The molecule has 1 saturated carbocycles. The highest BCUT2D eigenvalue weighted by atomic mass is 32.2. The number of carboxylic acids is 1. The summed E-state index contributed by atoms with van der Waals surface area (Å²) in [5.41, 5.74) is 2.69. The monoisotopic (exact) mass is 637 g/mol. The molecule has 0 unspecified atom stereocenters. The van der Waals surface area contributed by atoms with Crippen molar-refractivity contribution in [3.63, 3.8) is 0 Å². The standard InChI is InChI=1S/C32H39N5O7S/c1-19-8-6-9-20(2)27(19)25-13-26(35-29(34-25)37-45(41,42)24-11-7-10-21(12-24)28(38)39)43-17-23(14-31(3,4)5)33-22-15-32(16-22)18-44-30(40)36-32/h6-13,22-23,33H,14-18H2,1-5H3,(H,36,40)(H,38,39)(H,34,35,37)/t22?,23-,32?/m1/s1. The van der Waals surface area contributed by atoms with Crippen LogP contribution in [0.25, 0.3) is 11.3 Å². The molecule has 2 heterocycles. The Morgan fingerprint density at radius 3 is 2.44 bits per heavy atom. The predicted molar refractivity (Wildman–Crippen MR) is 168 cm³/mol. The zero-order chi connectivity index (χ0) is 32.6. The van der Waals surface area contributed by atoms with Crippen LogP contribution in [0.3, 0.4) is 0 Å². The minimum absolute atomic E-state index is 0.0203. The van der Waals surface area contributed by atoms with Gasteiger partial charge in [-0.3, -0.25) is 0 Å². The molecule has 1 aromatic heterocycles. The molecule has 1 atom stereocenters. The molecular formula is C32H39N5O7S. The van der Waals surface area contributed by atoms with Crippen molar-refractivity contribution >= 4 is 28.0 Å². The number of hydrogen-bond acceptors (Lipinski definition) is 9. The zero-order valence-corrected chi connectivity index (χ0v) is 26.8. The van der Waals surface area contributed by atoms with Gasteiger partial charge in [-0.05, 0) is 67.9 Å². The number of sulfonamides is 1. The smallest absolute Gasteiger partial charge is 0.407 e. The minimum Gasteiger partial charge on any atom is -0.478 e. The molecule has 1 aliphatic carbocycles. The van der Waals surface area contributed by atoms with Crippen LogP contribution < -0.4 is 20.1 Å². The third kappa shape index (κ3) is 7.71. The van der Waals surface area contributed by atoms with Crippen LogP contribution in [0.2, 0.25) is 0 Å². The zero-order valence-electron chi connectivity index (χ0n) is 26.0. The Labute approximate surface area is 263 Å². The summed E-state index contributed by atoms with van der Waals surface area (Å²) in [4.78, 5) is 31.7. The summed E-state index contributed by atoms with van der Waals surface area (Å²) in [7, 11) is -4.23. The van der Waals surface area contributed by atoms with Crippen molar-refractivity contribution in [1.82, 2.24) is 20.6 Å². The SMILES string of the molecule is Cc1cccc(C)c1-c1cc(OC[C@@H](CC(C)(C)C)NC2CC3(COC(=O)N3)C2)nc(NS(=O)(=O)c2cccc(C(=O)O)c2)n1. The molecule has 1 amide bonds. The quantitative estimate of drug-likeness (QED) is 0.232. The predicted octanol–water partition coefficient (Wildman–Crippen LogP) is 4.67. The maximum atomic E-state index is 13.3. The van der Waals surface area contributed by atoms with Gasteiger partial charge in [-0.1, -0.05) is 45.0 Å². The fraction of sp³-hybridized carbons (Fsp3) is 0.438. The first-order chi connectivity index (χ1) is 21.1. The summed E-state index contributed by atoms with van der Waals surface area (Å²) in [6.07, 6.45) is 1.90. The number of benzene rings is 2. The fourth-order valence-corrected chi connectivity index (χ4v) is 6.99. The van der Waals surface area contributed by atoms with Crippen molar-refractivity contribution in [3.8, 4) is 17.1 Å². The van der Waals surface area contributed by atoms with Gasteiger partial charge in [0.05, 0.1) is 21.7 Å². The van der Waals surface area contributed by atoms with Crippen LogP contribution in [0.15, 0.2) is 53.4 Å². The van der Waals surface area contributed by atoms with E-state index in [0.717, 1.165) is 42.0 Å². The number of ether oxygens (including phenoxy) is 2. The van der Waals surface area contributed by atoms with E-state index in [1.807, 2.05) is 32.0 Å². The average molecular weight is 638 g/mol. The molecule has 12 nitrogen and oxygen atoms in total. The van der Waals surface area contributed by atoms with Crippen molar-refractivity contribution < 1.29 is 32.6 Å². The molecule has 13 heteroatoms. The molecule has 5 rings (SSSR count). The third-order valence-corrected chi connectivity index (χ3v) is 9.27. The number of carboxylic acid groups (broad SMARTS) is 1. The summed E-state index contributed by atoms with van der Waals surface area (Å²) < 4.78 is 40.4. The highest BCUT2D eigenvalue weighted by Gasteiger charge is 2.50. The molecular weight excluding hydrogens is 598 g/mol. The van der Waals surface area contributed by atoms with Gasteiger partial charge in [-0.25, -0.2) is 27.7 Å². The molecule has 45 heavy (non-hydrogen) atoms. The Morgan fingerprint density at radius 2 is 1.82 bits per heavy atom. The van der Waals surface area contributed by atoms with Gasteiger partial charge in [0, 0.05) is 23.7 Å². The molecule has 2 aliphatic rings. The molecule has 4 N–H and O–H groups in total. The molecule has 1 saturated heterocycles. The lowest BCUT2D eigenvalue weighted by Gasteiger charge is -2.45. The number of carbonyl (C=O) groups is 2.